The van der Waals surface area contributed by atoms with Crippen molar-refractivity contribution < 1.29 is 30.7 Å². The fraction of sp³-hybridized carbons (Fsp3) is 0.478. The van der Waals surface area contributed by atoms with Crippen molar-refractivity contribution in [1.29, 1.82) is 0 Å². The molecule has 0 bridgehead atoms. The van der Waals surface area contributed by atoms with E-state index < -0.39 is 36.1 Å². The Labute approximate surface area is 211 Å². The number of ether oxygens (including phenoxy) is 2. The molecule has 1 atom stereocenters. The van der Waals surface area contributed by atoms with E-state index in [4.69, 9.17) is 13.9 Å². The maximum atomic E-state index is 13.6. The zero-order valence-corrected chi connectivity index (χ0v) is 22.3. The summed E-state index contributed by atoms with van der Waals surface area (Å²) in [5.41, 5.74) is 0.428. The lowest BCUT2D eigenvalue weighted by molar-refractivity contribution is 0.343. The zero-order chi connectivity index (χ0) is 26.1. The van der Waals surface area contributed by atoms with Gasteiger partial charge in [-0.3, -0.25) is 4.57 Å². The van der Waals surface area contributed by atoms with Gasteiger partial charge in [-0.25, -0.2) is 21.1 Å². The minimum atomic E-state index is -3.82. The van der Waals surface area contributed by atoms with E-state index in [0.717, 1.165) is 0 Å². The van der Waals surface area contributed by atoms with Crippen LogP contribution in [0.2, 0.25) is 0 Å². The molecule has 1 aliphatic heterocycles. The predicted molar refractivity (Wildman–Crippen MR) is 133 cm³/mol. The monoisotopic (exact) mass is 538 g/mol. The molecular formula is C23H30N4O7S2. The fourth-order valence-corrected chi connectivity index (χ4v) is 7.46. The SMILES string of the molecule is COc1cccc(OC)c1-n1c(CS(=O)(=O)[C@@H]2CCCN(S(=O)(=O)C(C)C)C2)nnc1-c1ccco1. The molecule has 1 aliphatic rings. The van der Waals surface area contributed by atoms with Crippen molar-refractivity contribution >= 4 is 19.9 Å². The van der Waals surface area contributed by atoms with Crippen LogP contribution in [0.25, 0.3) is 17.3 Å². The van der Waals surface area contributed by atoms with Crippen LogP contribution in [0.1, 0.15) is 32.5 Å². The number of rotatable bonds is 9. The van der Waals surface area contributed by atoms with Gasteiger partial charge in [0.2, 0.25) is 15.8 Å². The Kier molecular flexibility index (Phi) is 7.43. The number of methoxy groups -OCH3 is 2. The number of sulfonamides is 1. The molecule has 0 amide bonds. The molecule has 2 aromatic heterocycles. The Morgan fingerprint density at radius 1 is 1.06 bits per heavy atom. The van der Waals surface area contributed by atoms with E-state index in [1.807, 2.05) is 0 Å². The fourth-order valence-electron chi connectivity index (χ4n) is 4.29. The summed E-state index contributed by atoms with van der Waals surface area (Å²) in [6.07, 6.45) is 2.31. The van der Waals surface area contributed by atoms with E-state index in [9.17, 15) is 16.8 Å². The van der Waals surface area contributed by atoms with Crippen molar-refractivity contribution in [1.82, 2.24) is 19.1 Å². The summed E-state index contributed by atoms with van der Waals surface area (Å²) in [4.78, 5) is 0. The second-order valence-corrected chi connectivity index (χ2v) is 13.6. The van der Waals surface area contributed by atoms with Crippen molar-refractivity contribution in [3.05, 3.63) is 42.4 Å². The van der Waals surface area contributed by atoms with E-state index >= 15 is 0 Å². The van der Waals surface area contributed by atoms with E-state index in [0.29, 0.717) is 42.3 Å². The maximum Gasteiger partial charge on any atom is 0.216 e. The van der Waals surface area contributed by atoms with Crippen molar-refractivity contribution in [2.75, 3.05) is 27.3 Å². The van der Waals surface area contributed by atoms with Crippen LogP contribution < -0.4 is 9.47 Å². The highest BCUT2D eigenvalue weighted by Gasteiger charge is 2.38. The summed E-state index contributed by atoms with van der Waals surface area (Å²) in [7, 11) is -4.40. The van der Waals surface area contributed by atoms with Crippen molar-refractivity contribution in [2.45, 2.75) is 42.9 Å². The summed E-state index contributed by atoms with van der Waals surface area (Å²) in [5.74, 6) is 1.18. The van der Waals surface area contributed by atoms with Gasteiger partial charge in [-0.05, 0) is 51.0 Å². The molecular weight excluding hydrogens is 508 g/mol. The number of benzene rings is 1. The first-order chi connectivity index (χ1) is 17.1. The normalized spacial score (nSPS) is 17.4. The Hall–Kier alpha value is -2.90. The summed E-state index contributed by atoms with van der Waals surface area (Å²) < 4.78 is 72.1. The van der Waals surface area contributed by atoms with Crippen LogP contribution in [0.3, 0.4) is 0 Å². The van der Waals surface area contributed by atoms with Crippen LogP contribution in [0.5, 0.6) is 11.5 Å². The molecule has 1 aromatic carbocycles. The van der Waals surface area contributed by atoms with Crippen molar-refractivity contribution in [2.24, 2.45) is 0 Å². The summed E-state index contributed by atoms with van der Waals surface area (Å²) in [6, 6.07) is 8.57. The highest BCUT2D eigenvalue weighted by atomic mass is 32.2. The third-order valence-electron chi connectivity index (χ3n) is 6.23. The number of furan rings is 1. The first-order valence-corrected chi connectivity index (χ1v) is 14.7. The molecule has 11 nitrogen and oxygen atoms in total. The predicted octanol–water partition coefficient (Wildman–Crippen LogP) is 2.66. The first kappa shape index (κ1) is 26.2. The second-order valence-electron chi connectivity index (χ2n) is 8.79. The average Bonchev–Trinajstić information content (AvgIpc) is 3.53. The minimum absolute atomic E-state index is 0.0833. The number of sulfone groups is 1. The molecule has 4 rings (SSSR count). The van der Waals surface area contributed by atoms with E-state index in [-0.39, 0.29) is 18.2 Å². The summed E-state index contributed by atoms with van der Waals surface area (Å²) in [6.45, 7) is 3.41. The molecule has 0 radical (unpaired) electrons. The number of aromatic nitrogens is 3. The molecule has 0 aliphatic carbocycles. The van der Waals surface area contributed by atoms with Gasteiger partial charge in [-0.2, -0.15) is 0 Å². The molecule has 0 unspecified atom stereocenters. The lowest BCUT2D eigenvalue weighted by Gasteiger charge is -2.32. The van der Waals surface area contributed by atoms with E-state index in [2.05, 4.69) is 10.2 Å². The first-order valence-electron chi connectivity index (χ1n) is 11.5. The Morgan fingerprint density at radius 3 is 2.33 bits per heavy atom. The Bertz CT molecular complexity index is 1390. The highest BCUT2D eigenvalue weighted by Crippen LogP contribution is 2.37. The van der Waals surface area contributed by atoms with Crippen LogP contribution in [-0.4, -0.2) is 73.7 Å². The molecule has 0 saturated carbocycles. The molecule has 196 valence electrons. The Balaban J connectivity index is 1.77. The van der Waals surface area contributed by atoms with Gasteiger partial charge in [0.05, 0.1) is 31.0 Å². The Morgan fingerprint density at radius 2 is 1.75 bits per heavy atom. The maximum absolute atomic E-state index is 13.6. The van der Waals surface area contributed by atoms with E-state index in [1.54, 1.807) is 48.7 Å². The molecule has 1 fully saturated rings. The molecule has 3 aromatic rings. The largest absolute Gasteiger partial charge is 0.494 e. The average molecular weight is 539 g/mol. The molecule has 3 heterocycles. The molecule has 0 spiro atoms. The molecule has 13 heteroatoms. The molecule has 0 N–H and O–H groups in total. The van der Waals surface area contributed by atoms with Crippen LogP contribution in [0.15, 0.2) is 41.0 Å². The lowest BCUT2D eigenvalue weighted by Crippen LogP contribution is -2.47. The van der Waals surface area contributed by atoms with Crippen molar-refractivity contribution in [3.8, 4) is 28.8 Å². The quantitative estimate of drug-likeness (QED) is 0.403. The zero-order valence-electron chi connectivity index (χ0n) is 20.6. The third kappa shape index (κ3) is 4.87. The van der Waals surface area contributed by atoms with Crippen LogP contribution in [-0.2, 0) is 25.6 Å². The van der Waals surface area contributed by atoms with Gasteiger partial charge in [0.1, 0.15) is 22.9 Å². The summed E-state index contributed by atoms with van der Waals surface area (Å²) >= 11 is 0. The van der Waals surface area contributed by atoms with Gasteiger partial charge < -0.3 is 13.9 Å². The number of hydrogen-bond donors (Lipinski definition) is 0. The number of nitrogens with zero attached hydrogens (tertiary/aromatic N) is 4. The number of hydrogen-bond acceptors (Lipinski definition) is 9. The minimum Gasteiger partial charge on any atom is -0.494 e. The van der Waals surface area contributed by atoms with Crippen molar-refractivity contribution in [3.63, 3.8) is 0 Å². The van der Waals surface area contributed by atoms with Gasteiger partial charge >= 0.3 is 0 Å². The van der Waals surface area contributed by atoms with Crippen LogP contribution in [0, 0.1) is 0 Å². The van der Waals surface area contributed by atoms with Crippen LogP contribution in [0.4, 0.5) is 0 Å². The number of piperidine rings is 1. The van der Waals surface area contributed by atoms with Crippen LogP contribution >= 0.6 is 0 Å². The number of para-hydroxylation sites is 1. The standard InChI is InChI=1S/C23H30N4O7S2/c1-16(2)36(30,31)26-12-6-8-17(14-26)35(28,29)15-21-24-25-23(20-11-7-13-34-20)27(21)22-18(32-3)9-5-10-19(22)33-4/h5,7,9-11,13,16-17H,6,8,12,14-15H2,1-4H3/t17-/m1/s1. The van der Waals surface area contributed by atoms with Gasteiger partial charge in [0.25, 0.3) is 0 Å². The smallest absolute Gasteiger partial charge is 0.216 e. The molecule has 1 saturated heterocycles. The van der Waals surface area contributed by atoms with Gasteiger partial charge in [-0.15, -0.1) is 10.2 Å². The topological polar surface area (TPSA) is 134 Å². The highest BCUT2D eigenvalue weighted by molar-refractivity contribution is 7.91. The second kappa shape index (κ2) is 10.2. The van der Waals surface area contributed by atoms with E-state index in [1.165, 1.54) is 24.8 Å². The molecule has 36 heavy (non-hydrogen) atoms. The van der Waals surface area contributed by atoms with Gasteiger partial charge in [0.15, 0.2) is 21.4 Å². The summed E-state index contributed by atoms with van der Waals surface area (Å²) in [5, 5.41) is 6.94. The lowest BCUT2D eigenvalue weighted by atomic mass is 10.2. The van der Waals surface area contributed by atoms with Gasteiger partial charge in [-0.1, -0.05) is 6.07 Å². The van der Waals surface area contributed by atoms with Gasteiger partial charge in [0, 0.05) is 13.1 Å². The third-order valence-corrected chi connectivity index (χ3v) is 10.5.